The predicted octanol–water partition coefficient (Wildman–Crippen LogP) is 4.49. The summed E-state index contributed by atoms with van der Waals surface area (Å²) in [5.41, 5.74) is 0.369. The highest BCUT2D eigenvalue weighted by Crippen LogP contribution is 2.26. The van der Waals surface area contributed by atoms with Gasteiger partial charge in [-0.05, 0) is 42.8 Å². The monoisotopic (exact) mass is 389 g/mol. The highest BCUT2D eigenvalue weighted by molar-refractivity contribution is 8.01. The second-order valence-electron chi connectivity index (χ2n) is 5.20. The van der Waals surface area contributed by atoms with Crippen LogP contribution in [-0.2, 0) is 0 Å². The van der Waals surface area contributed by atoms with Crippen LogP contribution in [0.25, 0.3) is 0 Å². The Balaban J connectivity index is 1.40. The normalized spacial score (nSPS) is 10.5. The van der Waals surface area contributed by atoms with E-state index in [1.54, 1.807) is 11.8 Å². The fraction of sp³-hybridized carbons (Fsp3) is 0.167. The molecule has 0 bridgehead atoms. The molecule has 1 N–H and O–H groups in total. The molecular weight excluding hydrogens is 373 g/mol. The SMILES string of the molecule is O=C(Nc1nnc(SCCCOc2ccccc2)s1)c1ccc(F)cc1. The molecule has 0 fully saturated rings. The van der Waals surface area contributed by atoms with Crippen LogP contribution in [0.5, 0.6) is 5.75 Å². The van der Waals surface area contributed by atoms with Crippen LogP contribution in [0, 0.1) is 5.82 Å². The molecule has 0 saturated carbocycles. The Kier molecular flexibility index (Phi) is 6.56. The quantitative estimate of drug-likeness (QED) is 0.349. The van der Waals surface area contributed by atoms with Crippen LogP contribution in [0.2, 0.25) is 0 Å². The van der Waals surface area contributed by atoms with Crippen LogP contribution < -0.4 is 10.1 Å². The number of ether oxygens (including phenoxy) is 1. The second-order valence-corrected chi connectivity index (χ2v) is 7.52. The fourth-order valence-corrected chi connectivity index (χ4v) is 3.74. The van der Waals surface area contributed by atoms with E-state index in [-0.39, 0.29) is 11.7 Å². The summed E-state index contributed by atoms with van der Waals surface area (Å²) in [4.78, 5) is 12.1. The van der Waals surface area contributed by atoms with Crippen LogP contribution in [-0.4, -0.2) is 28.5 Å². The Labute approximate surface area is 158 Å². The summed E-state index contributed by atoms with van der Waals surface area (Å²) in [6, 6.07) is 15.0. The van der Waals surface area contributed by atoms with E-state index < -0.39 is 0 Å². The van der Waals surface area contributed by atoms with Crippen molar-refractivity contribution in [1.29, 1.82) is 0 Å². The van der Waals surface area contributed by atoms with Crippen molar-refractivity contribution in [2.75, 3.05) is 17.7 Å². The maximum atomic E-state index is 12.9. The number of nitrogens with one attached hydrogen (secondary N) is 1. The molecule has 2 aromatic carbocycles. The molecule has 5 nitrogen and oxygen atoms in total. The van der Waals surface area contributed by atoms with Gasteiger partial charge in [-0.1, -0.05) is 41.3 Å². The second kappa shape index (κ2) is 9.30. The molecule has 26 heavy (non-hydrogen) atoms. The molecule has 0 atom stereocenters. The lowest BCUT2D eigenvalue weighted by molar-refractivity contribution is 0.102. The van der Waals surface area contributed by atoms with Gasteiger partial charge in [0.25, 0.3) is 5.91 Å². The van der Waals surface area contributed by atoms with Crippen molar-refractivity contribution in [2.24, 2.45) is 0 Å². The van der Waals surface area contributed by atoms with E-state index in [9.17, 15) is 9.18 Å². The van der Waals surface area contributed by atoms with Gasteiger partial charge < -0.3 is 4.74 Å². The number of carbonyl (C=O) groups excluding carboxylic acids is 1. The van der Waals surface area contributed by atoms with Crippen molar-refractivity contribution in [3.8, 4) is 5.75 Å². The van der Waals surface area contributed by atoms with Gasteiger partial charge in [0.15, 0.2) is 4.34 Å². The van der Waals surface area contributed by atoms with E-state index >= 15 is 0 Å². The largest absolute Gasteiger partial charge is 0.494 e. The third-order valence-corrected chi connectivity index (χ3v) is 5.32. The summed E-state index contributed by atoms with van der Waals surface area (Å²) in [6.07, 6.45) is 0.871. The van der Waals surface area contributed by atoms with Crippen LogP contribution in [0.4, 0.5) is 9.52 Å². The van der Waals surface area contributed by atoms with Gasteiger partial charge in [0.2, 0.25) is 5.13 Å². The molecule has 0 spiro atoms. The molecule has 134 valence electrons. The first-order chi connectivity index (χ1) is 12.7. The third kappa shape index (κ3) is 5.53. The van der Waals surface area contributed by atoms with Gasteiger partial charge >= 0.3 is 0 Å². The van der Waals surface area contributed by atoms with Crippen molar-refractivity contribution in [3.05, 3.63) is 66.0 Å². The van der Waals surface area contributed by atoms with Crippen LogP contribution in [0.15, 0.2) is 58.9 Å². The summed E-state index contributed by atoms with van der Waals surface area (Å²) in [5, 5.41) is 11.1. The highest BCUT2D eigenvalue weighted by atomic mass is 32.2. The van der Waals surface area contributed by atoms with Gasteiger partial charge in [0.1, 0.15) is 11.6 Å². The maximum absolute atomic E-state index is 12.9. The molecule has 0 saturated heterocycles. The molecule has 0 aliphatic heterocycles. The molecule has 0 radical (unpaired) electrons. The highest BCUT2D eigenvalue weighted by Gasteiger charge is 2.10. The minimum atomic E-state index is -0.382. The Morgan fingerprint density at radius 1 is 1.12 bits per heavy atom. The molecule has 0 unspecified atom stereocenters. The summed E-state index contributed by atoms with van der Waals surface area (Å²) in [5.74, 6) is 0.980. The smallest absolute Gasteiger partial charge is 0.257 e. The number of anilines is 1. The van der Waals surface area contributed by atoms with Crippen molar-refractivity contribution in [2.45, 2.75) is 10.8 Å². The number of amides is 1. The van der Waals surface area contributed by atoms with Crippen molar-refractivity contribution >= 4 is 34.1 Å². The minimum absolute atomic E-state index is 0.339. The number of rotatable bonds is 8. The number of carbonyl (C=O) groups is 1. The number of nitrogens with zero attached hydrogens (tertiary/aromatic N) is 2. The molecular formula is C18H16FN3O2S2. The van der Waals surface area contributed by atoms with E-state index in [2.05, 4.69) is 15.5 Å². The van der Waals surface area contributed by atoms with E-state index in [4.69, 9.17) is 4.74 Å². The number of para-hydroxylation sites is 1. The van der Waals surface area contributed by atoms with E-state index in [1.165, 1.54) is 35.6 Å². The topological polar surface area (TPSA) is 64.1 Å². The van der Waals surface area contributed by atoms with Gasteiger partial charge in [-0.2, -0.15) is 0 Å². The first-order valence-electron chi connectivity index (χ1n) is 7.92. The van der Waals surface area contributed by atoms with Crippen LogP contribution >= 0.6 is 23.1 Å². The molecule has 3 rings (SSSR count). The molecule has 1 amide bonds. The Morgan fingerprint density at radius 2 is 1.88 bits per heavy atom. The Hall–Kier alpha value is -2.45. The molecule has 3 aromatic rings. The lowest BCUT2D eigenvalue weighted by Crippen LogP contribution is -2.11. The van der Waals surface area contributed by atoms with E-state index in [0.717, 1.165) is 22.3 Å². The zero-order valence-corrected chi connectivity index (χ0v) is 15.4. The van der Waals surface area contributed by atoms with E-state index in [1.807, 2.05) is 30.3 Å². The van der Waals surface area contributed by atoms with Gasteiger partial charge in [0, 0.05) is 11.3 Å². The zero-order valence-electron chi connectivity index (χ0n) is 13.7. The first kappa shape index (κ1) is 18.3. The maximum Gasteiger partial charge on any atom is 0.257 e. The van der Waals surface area contributed by atoms with Gasteiger partial charge in [-0.3, -0.25) is 10.1 Å². The van der Waals surface area contributed by atoms with Crippen molar-refractivity contribution in [1.82, 2.24) is 10.2 Å². The molecule has 0 aliphatic rings. The average molecular weight is 389 g/mol. The van der Waals surface area contributed by atoms with E-state index in [0.29, 0.717) is 17.3 Å². The fourth-order valence-electron chi connectivity index (χ4n) is 2.01. The molecule has 0 aliphatic carbocycles. The lowest BCUT2D eigenvalue weighted by Gasteiger charge is -2.04. The number of hydrogen-bond acceptors (Lipinski definition) is 6. The van der Waals surface area contributed by atoms with Crippen LogP contribution in [0.3, 0.4) is 0 Å². The summed E-state index contributed by atoms with van der Waals surface area (Å²) in [6.45, 7) is 0.629. The average Bonchev–Trinajstić information content (AvgIpc) is 3.10. The Bertz CT molecular complexity index is 841. The molecule has 8 heteroatoms. The number of hydrogen-bond donors (Lipinski definition) is 1. The summed E-state index contributed by atoms with van der Waals surface area (Å²) < 4.78 is 19.3. The number of halogens is 1. The van der Waals surface area contributed by atoms with Gasteiger partial charge in [-0.15, -0.1) is 10.2 Å². The number of aromatic nitrogens is 2. The zero-order chi connectivity index (χ0) is 18.2. The standard InChI is InChI=1S/C18H16FN3O2S2/c19-14-9-7-13(8-10-14)16(23)20-17-21-22-18(26-17)25-12-4-11-24-15-5-2-1-3-6-15/h1-3,5-10H,4,11-12H2,(H,20,21,23). The number of benzene rings is 2. The van der Waals surface area contributed by atoms with Gasteiger partial charge in [-0.25, -0.2) is 4.39 Å². The predicted molar refractivity (Wildman–Crippen MR) is 102 cm³/mol. The first-order valence-corrected chi connectivity index (χ1v) is 9.72. The number of thioether (sulfide) groups is 1. The summed E-state index contributed by atoms with van der Waals surface area (Å²) in [7, 11) is 0. The van der Waals surface area contributed by atoms with Crippen LogP contribution in [0.1, 0.15) is 16.8 Å². The lowest BCUT2D eigenvalue weighted by atomic mass is 10.2. The third-order valence-electron chi connectivity index (χ3n) is 3.26. The van der Waals surface area contributed by atoms with Crippen molar-refractivity contribution in [3.63, 3.8) is 0 Å². The minimum Gasteiger partial charge on any atom is -0.494 e. The molecule has 1 heterocycles. The molecule has 1 aromatic heterocycles. The summed E-state index contributed by atoms with van der Waals surface area (Å²) >= 11 is 2.87. The Morgan fingerprint density at radius 3 is 2.65 bits per heavy atom. The van der Waals surface area contributed by atoms with Gasteiger partial charge in [0.05, 0.1) is 6.61 Å². The van der Waals surface area contributed by atoms with Crippen molar-refractivity contribution < 1.29 is 13.9 Å².